The van der Waals surface area contributed by atoms with E-state index in [1.165, 1.54) is 17.5 Å². The summed E-state index contributed by atoms with van der Waals surface area (Å²) in [5.41, 5.74) is 4.82. The van der Waals surface area contributed by atoms with Crippen molar-refractivity contribution in [2.75, 3.05) is 11.9 Å². The Labute approximate surface area is 130 Å². The predicted molar refractivity (Wildman–Crippen MR) is 86.2 cm³/mol. The van der Waals surface area contributed by atoms with Gasteiger partial charge in [0.2, 0.25) is 5.91 Å². The van der Waals surface area contributed by atoms with Crippen LogP contribution in [-0.4, -0.2) is 12.5 Å². The van der Waals surface area contributed by atoms with Crippen molar-refractivity contribution < 1.29 is 9.53 Å². The lowest BCUT2D eigenvalue weighted by Gasteiger charge is -2.24. The third kappa shape index (κ3) is 2.47. The molecule has 0 fully saturated rings. The Bertz CT molecular complexity index is 723. The number of anilines is 1. The first-order valence-corrected chi connectivity index (χ1v) is 7.93. The minimum atomic E-state index is -0.122. The molecule has 0 spiro atoms. The zero-order chi connectivity index (χ0) is 14.9. The van der Waals surface area contributed by atoms with Crippen LogP contribution in [0, 0.1) is 5.92 Å². The molecule has 2 aliphatic rings. The van der Waals surface area contributed by atoms with Gasteiger partial charge < -0.3 is 10.1 Å². The van der Waals surface area contributed by atoms with Crippen molar-refractivity contribution in [2.45, 2.75) is 25.7 Å². The number of hydrogen-bond acceptors (Lipinski definition) is 2. The second kappa shape index (κ2) is 5.48. The number of ether oxygens (including phenoxy) is 1. The van der Waals surface area contributed by atoms with E-state index in [-0.39, 0.29) is 11.8 Å². The number of hydrogen-bond donors (Lipinski definition) is 1. The summed E-state index contributed by atoms with van der Waals surface area (Å²) in [5, 5.41) is 3.05. The zero-order valence-corrected chi connectivity index (χ0v) is 12.5. The van der Waals surface area contributed by atoms with E-state index in [9.17, 15) is 4.79 Å². The van der Waals surface area contributed by atoms with E-state index in [0.29, 0.717) is 6.61 Å². The SMILES string of the molecule is O=C(Nc1ccc2c(c1)CCC2)[C@H]1COc2ccccc2C1. The third-order valence-corrected chi connectivity index (χ3v) is 4.62. The normalized spacial score (nSPS) is 19.0. The lowest BCUT2D eigenvalue weighted by atomic mass is 9.96. The van der Waals surface area contributed by atoms with E-state index in [1.54, 1.807) is 0 Å². The van der Waals surface area contributed by atoms with Gasteiger partial charge in [-0.2, -0.15) is 0 Å². The van der Waals surface area contributed by atoms with Crippen LogP contribution in [0.4, 0.5) is 5.69 Å². The highest BCUT2D eigenvalue weighted by atomic mass is 16.5. The van der Waals surface area contributed by atoms with Crippen LogP contribution in [0.5, 0.6) is 5.75 Å². The van der Waals surface area contributed by atoms with E-state index in [1.807, 2.05) is 30.3 Å². The fraction of sp³-hybridized carbons (Fsp3) is 0.316. The largest absolute Gasteiger partial charge is 0.492 e. The molecule has 112 valence electrons. The quantitative estimate of drug-likeness (QED) is 0.922. The molecule has 0 unspecified atom stereocenters. The fourth-order valence-electron chi connectivity index (χ4n) is 3.39. The Balaban J connectivity index is 1.47. The van der Waals surface area contributed by atoms with Crippen molar-refractivity contribution in [1.82, 2.24) is 0 Å². The molecule has 4 rings (SSSR count). The molecule has 0 aromatic heterocycles. The number of carbonyl (C=O) groups is 1. The highest BCUT2D eigenvalue weighted by Crippen LogP contribution is 2.28. The van der Waals surface area contributed by atoms with Gasteiger partial charge in [-0.1, -0.05) is 24.3 Å². The Morgan fingerprint density at radius 3 is 2.86 bits per heavy atom. The molecule has 1 aliphatic heterocycles. The van der Waals surface area contributed by atoms with Gasteiger partial charge in [0.15, 0.2) is 0 Å². The lowest BCUT2D eigenvalue weighted by Crippen LogP contribution is -2.32. The van der Waals surface area contributed by atoms with Gasteiger partial charge in [0.1, 0.15) is 12.4 Å². The molecule has 0 saturated heterocycles. The van der Waals surface area contributed by atoms with Crippen LogP contribution in [-0.2, 0) is 24.1 Å². The van der Waals surface area contributed by atoms with Gasteiger partial charge in [-0.15, -0.1) is 0 Å². The van der Waals surface area contributed by atoms with Crippen LogP contribution in [0.1, 0.15) is 23.1 Å². The minimum absolute atomic E-state index is 0.0486. The minimum Gasteiger partial charge on any atom is -0.492 e. The first-order chi connectivity index (χ1) is 10.8. The first-order valence-electron chi connectivity index (χ1n) is 7.93. The highest BCUT2D eigenvalue weighted by molar-refractivity contribution is 5.93. The maximum atomic E-state index is 12.5. The maximum absolute atomic E-state index is 12.5. The fourth-order valence-corrected chi connectivity index (χ4v) is 3.39. The Morgan fingerprint density at radius 2 is 1.91 bits per heavy atom. The van der Waals surface area contributed by atoms with E-state index < -0.39 is 0 Å². The summed E-state index contributed by atoms with van der Waals surface area (Å²) in [5.74, 6) is 0.833. The second-order valence-electron chi connectivity index (χ2n) is 6.15. The molecule has 0 saturated carbocycles. The molecule has 0 radical (unpaired) electrons. The number of amides is 1. The predicted octanol–water partition coefficient (Wildman–Crippen LogP) is 3.37. The van der Waals surface area contributed by atoms with Gasteiger partial charge in [-0.05, 0) is 60.6 Å². The van der Waals surface area contributed by atoms with E-state index in [2.05, 4.69) is 17.4 Å². The molecule has 2 aromatic rings. The monoisotopic (exact) mass is 293 g/mol. The molecule has 3 nitrogen and oxygen atoms in total. The summed E-state index contributed by atoms with van der Waals surface area (Å²) in [6, 6.07) is 14.2. The Kier molecular flexibility index (Phi) is 3.34. The highest BCUT2D eigenvalue weighted by Gasteiger charge is 2.26. The van der Waals surface area contributed by atoms with Crippen LogP contribution >= 0.6 is 0 Å². The van der Waals surface area contributed by atoms with Gasteiger partial charge in [0.25, 0.3) is 0 Å². The average Bonchev–Trinajstić information content (AvgIpc) is 3.02. The average molecular weight is 293 g/mol. The number of carbonyl (C=O) groups excluding carboxylic acids is 1. The number of benzene rings is 2. The number of rotatable bonds is 2. The molecule has 1 aliphatic carbocycles. The molecule has 1 heterocycles. The molecule has 1 amide bonds. The van der Waals surface area contributed by atoms with Gasteiger partial charge in [0, 0.05) is 5.69 Å². The van der Waals surface area contributed by atoms with E-state index in [4.69, 9.17) is 4.74 Å². The van der Waals surface area contributed by atoms with Crippen molar-refractivity contribution in [3.63, 3.8) is 0 Å². The van der Waals surface area contributed by atoms with Crippen molar-refractivity contribution in [2.24, 2.45) is 5.92 Å². The summed E-state index contributed by atoms with van der Waals surface area (Å²) >= 11 is 0. The summed E-state index contributed by atoms with van der Waals surface area (Å²) < 4.78 is 5.71. The number of nitrogens with one attached hydrogen (secondary N) is 1. The van der Waals surface area contributed by atoms with Crippen LogP contribution in [0.15, 0.2) is 42.5 Å². The Morgan fingerprint density at radius 1 is 1.05 bits per heavy atom. The maximum Gasteiger partial charge on any atom is 0.231 e. The smallest absolute Gasteiger partial charge is 0.231 e. The van der Waals surface area contributed by atoms with Crippen LogP contribution in [0.2, 0.25) is 0 Å². The van der Waals surface area contributed by atoms with Gasteiger partial charge in [0.05, 0.1) is 5.92 Å². The summed E-state index contributed by atoms with van der Waals surface area (Å²) in [6.07, 6.45) is 4.25. The van der Waals surface area contributed by atoms with Gasteiger partial charge >= 0.3 is 0 Å². The third-order valence-electron chi connectivity index (χ3n) is 4.62. The van der Waals surface area contributed by atoms with Gasteiger partial charge in [-0.25, -0.2) is 0 Å². The lowest BCUT2D eigenvalue weighted by molar-refractivity contribution is -0.121. The molecular formula is C19H19NO2. The van der Waals surface area contributed by atoms with Crippen molar-refractivity contribution in [3.8, 4) is 5.75 Å². The van der Waals surface area contributed by atoms with Crippen LogP contribution < -0.4 is 10.1 Å². The molecule has 2 aromatic carbocycles. The van der Waals surface area contributed by atoms with Crippen molar-refractivity contribution in [1.29, 1.82) is 0 Å². The van der Waals surface area contributed by atoms with Crippen LogP contribution in [0.25, 0.3) is 0 Å². The van der Waals surface area contributed by atoms with E-state index >= 15 is 0 Å². The number of para-hydroxylation sites is 1. The van der Waals surface area contributed by atoms with Crippen molar-refractivity contribution in [3.05, 3.63) is 59.2 Å². The summed E-state index contributed by atoms with van der Waals surface area (Å²) in [4.78, 5) is 12.5. The molecule has 0 bridgehead atoms. The second-order valence-corrected chi connectivity index (χ2v) is 6.15. The Hall–Kier alpha value is -2.29. The van der Waals surface area contributed by atoms with E-state index in [0.717, 1.165) is 36.3 Å². The summed E-state index contributed by atoms with van der Waals surface area (Å²) in [6.45, 7) is 0.452. The first kappa shape index (κ1) is 13.4. The molecular weight excluding hydrogens is 274 g/mol. The molecule has 1 atom stereocenters. The molecule has 22 heavy (non-hydrogen) atoms. The standard InChI is InChI=1S/C19H19NO2/c21-19(16-10-15-4-1-2-7-18(15)22-12-16)20-17-9-8-13-5-3-6-14(13)11-17/h1-2,4,7-9,11,16H,3,5-6,10,12H2,(H,20,21)/t16-/m1/s1. The van der Waals surface area contributed by atoms with Gasteiger partial charge in [-0.3, -0.25) is 4.79 Å². The topological polar surface area (TPSA) is 38.3 Å². The summed E-state index contributed by atoms with van der Waals surface area (Å²) in [7, 11) is 0. The number of aryl methyl sites for hydroxylation is 2. The molecule has 3 heteroatoms. The van der Waals surface area contributed by atoms with Crippen LogP contribution in [0.3, 0.4) is 0 Å². The zero-order valence-electron chi connectivity index (χ0n) is 12.5. The molecule has 1 N–H and O–H groups in total. The number of fused-ring (bicyclic) bond motifs is 2. The van der Waals surface area contributed by atoms with Crippen molar-refractivity contribution >= 4 is 11.6 Å².